The summed E-state index contributed by atoms with van der Waals surface area (Å²) < 4.78 is 0. The maximum Gasteiger partial charge on any atom is 0.0406 e. The minimum Gasteiger partial charge on any atom is -0.122 e. The van der Waals surface area contributed by atoms with Crippen molar-refractivity contribution in [1.82, 2.24) is 0 Å². The molecule has 3 aromatic rings. The van der Waals surface area contributed by atoms with Crippen LogP contribution in [0.3, 0.4) is 0 Å². The Morgan fingerprint density at radius 3 is 1.96 bits per heavy atom. The van der Waals surface area contributed by atoms with E-state index in [0.717, 1.165) is 5.02 Å². The van der Waals surface area contributed by atoms with Crippen LogP contribution < -0.4 is 10.6 Å². The molecule has 2 atom stereocenters. The minimum absolute atomic E-state index is 0.423. The summed E-state index contributed by atoms with van der Waals surface area (Å²) in [5, 5.41) is 5.58. The van der Waals surface area contributed by atoms with Gasteiger partial charge in [-0.1, -0.05) is 97.4 Å². The van der Waals surface area contributed by atoms with Crippen LogP contribution in [0.1, 0.15) is 6.92 Å². The van der Waals surface area contributed by atoms with E-state index in [0.29, 0.717) is 11.2 Å². The zero-order valence-corrected chi connectivity index (χ0v) is 18.2. The van der Waals surface area contributed by atoms with Crippen LogP contribution in [0.15, 0.2) is 113 Å². The molecule has 4 rings (SSSR count). The van der Waals surface area contributed by atoms with Gasteiger partial charge in [-0.25, -0.2) is 0 Å². The molecular formula is C25H22ClPS. The fourth-order valence-electron chi connectivity index (χ4n) is 3.51. The van der Waals surface area contributed by atoms with Gasteiger partial charge in [-0.15, -0.1) is 11.8 Å². The molecule has 3 heteroatoms. The summed E-state index contributed by atoms with van der Waals surface area (Å²) in [7, 11) is -0.539. The van der Waals surface area contributed by atoms with E-state index in [1.54, 1.807) is 0 Å². The SMILES string of the molecule is C[C@H](Sc1ccc(Cl)cc1)C1C=CC=C1P(c1ccccc1)c1ccccc1. The maximum absolute atomic E-state index is 6.05. The Morgan fingerprint density at radius 1 is 0.821 bits per heavy atom. The Labute approximate surface area is 178 Å². The Balaban J connectivity index is 1.63. The molecule has 1 aliphatic carbocycles. The van der Waals surface area contributed by atoms with E-state index in [1.807, 2.05) is 23.9 Å². The largest absolute Gasteiger partial charge is 0.122 e. The van der Waals surface area contributed by atoms with E-state index in [2.05, 4.69) is 97.9 Å². The number of thioether (sulfide) groups is 1. The average Bonchev–Trinajstić information content (AvgIpc) is 3.21. The second-order valence-corrected chi connectivity index (χ2v) is 10.9. The van der Waals surface area contributed by atoms with Gasteiger partial charge in [-0.3, -0.25) is 0 Å². The zero-order valence-electron chi connectivity index (χ0n) is 15.7. The molecule has 0 saturated carbocycles. The molecule has 0 nitrogen and oxygen atoms in total. The van der Waals surface area contributed by atoms with Crippen molar-refractivity contribution < 1.29 is 0 Å². The summed E-state index contributed by atoms with van der Waals surface area (Å²) in [6.07, 6.45) is 6.94. The van der Waals surface area contributed by atoms with Gasteiger partial charge in [0.25, 0.3) is 0 Å². The lowest BCUT2D eigenvalue weighted by atomic mass is 10.1. The molecule has 28 heavy (non-hydrogen) atoms. The number of halogens is 1. The molecule has 0 fully saturated rings. The van der Waals surface area contributed by atoms with E-state index < -0.39 is 7.92 Å². The first-order chi connectivity index (χ1) is 13.7. The lowest BCUT2D eigenvalue weighted by Crippen LogP contribution is -2.19. The quantitative estimate of drug-likeness (QED) is 0.305. The molecule has 0 amide bonds. The fourth-order valence-corrected chi connectivity index (χ4v) is 7.52. The summed E-state index contributed by atoms with van der Waals surface area (Å²) in [4.78, 5) is 1.26. The normalized spacial score (nSPS) is 17.0. The van der Waals surface area contributed by atoms with Crippen LogP contribution in [-0.2, 0) is 0 Å². The van der Waals surface area contributed by atoms with Crippen molar-refractivity contribution >= 4 is 41.9 Å². The standard InChI is InChI=1S/C25H22ClPS/c1-19(28-23-17-15-20(26)16-18-23)24-13-8-14-25(24)27(21-9-4-2-5-10-21)22-11-6-3-7-12-22/h2-19,24H,1H3/t19-,24?/m0/s1. The van der Waals surface area contributed by atoms with Crippen LogP contribution in [0.5, 0.6) is 0 Å². The van der Waals surface area contributed by atoms with Gasteiger partial charge in [0.15, 0.2) is 0 Å². The van der Waals surface area contributed by atoms with Crippen molar-refractivity contribution in [2.45, 2.75) is 17.1 Å². The third-order valence-electron chi connectivity index (χ3n) is 4.86. The lowest BCUT2D eigenvalue weighted by molar-refractivity contribution is 0.791. The van der Waals surface area contributed by atoms with Gasteiger partial charge in [-0.2, -0.15) is 0 Å². The summed E-state index contributed by atoms with van der Waals surface area (Å²) in [6.45, 7) is 2.33. The summed E-state index contributed by atoms with van der Waals surface area (Å²) in [6, 6.07) is 30.0. The molecule has 0 spiro atoms. The molecular weight excluding hydrogens is 399 g/mol. The Kier molecular flexibility index (Phi) is 6.37. The summed E-state index contributed by atoms with van der Waals surface area (Å²) in [5.74, 6) is 0.423. The lowest BCUT2D eigenvalue weighted by Gasteiger charge is -2.28. The van der Waals surface area contributed by atoms with E-state index in [1.165, 1.54) is 20.8 Å². The molecule has 1 unspecified atom stereocenters. The smallest absolute Gasteiger partial charge is 0.0406 e. The highest BCUT2D eigenvalue weighted by Gasteiger charge is 2.29. The Bertz CT molecular complexity index is 925. The number of allylic oxidation sites excluding steroid dienone is 4. The van der Waals surface area contributed by atoms with E-state index >= 15 is 0 Å². The van der Waals surface area contributed by atoms with Crippen molar-refractivity contribution in [3.8, 4) is 0 Å². The maximum atomic E-state index is 6.05. The third kappa shape index (κ3) is 4.44. The third-order valence-corrected chi connectivity index (χ3v) is 8.91. The molecule has 0 bridgehead atoms. The van der Waals surface area contributed by atoms with Crippen LogP contribution in [0.25, 0.3) is 0 Å². The fraction of sp³-hybridized carbons (Fsp3) is 0.120. The van der Waals surface area contributed by atoms with Crippen LogP contribution >= 0.6 is 31.3 Å². The van der Waals surface area contributed by atoms with E-state index in [4.69, 9.17) is 11.6 Å². The van der Waals surface area contributed by atoms with Crippen molar-refractivity contribution in [3.63, 3.8) is 0 Å². The first kappa shape index (κ1) is 19.5. The van der Waals surface area contributed by atoms with E-state index in [9.17, 15) is 0 Å². The number of hydrogen-bond donors (Lipinski definition) is 0. The van der Waals surface area contributed by atoms with Gasteiger partial charge in [-0.05, 0) is 48.1 Å². The topological polar surface area (TPSA) is 0 Å². The van der Waals surface area contributed by atoms with Crippen LogP contribution in [0.4, 0.5) is 0 Å². The number of rotatable bonds is 6. The molecule has 0 aliphatic heterocycles. The van der Waals surface area contributed by atoms with Crippen LogP contribution in [0.2, 0.25) is 5.02 Å². The number of hydrogen-bond acceptors (Lipinski definition) is 1. The molecule has 0 heterocycles. The van der Waals surface area contributed by atoms with Gasteiger partial charge in [0.05, 0.1) is 0 Å². The first-order valence-electron chi connectivity index (χ1n) is 9.43. The summed E-state index contributed by atoms with van der Waals surface area (Å²) in [5.41, 5.74) is 0. The molecule has 0 radical (unpaired) electrons. The monoisotopic (exact) mass is 420 g/mol. The molecule has 0 saturated heterocycles. The van der Waals surface area contributed by atoms with Crippen molar-refractivity contribution in [2.75, 3.05) is 0 Å². The molecule has 140 valence electrons. The Hall–Kier alpha value is -1.79. The van der Waals surface area contributed by atoms with E-state index in [-0.39, 0.29) is 0 Å². The van der Waals surface area contributed by atoms with Crippen molar-refractivity contribution in [2.24, 2.45) is 5.92 Å². The van der Waals surface area contributed by atoms with Gasteiger partial charge in [0.2, 0.25) is 0 Å². The van der Waals surface area contributed by atoms with Crippen LogP contribution in [0, 0.1) is 5.92 Å². The predicted molar refractivity (Wildman–Crippen MR) is 127 cm³/mol. The highest BCUT2D eigenvalue weighted by molar-refractivity contribution is 8.00. The van der Waals surface area contributed by atoms with Crippen LogP contribution in [-0.4, -0.2) is 5.25 Å². The van der Waals surface area contributed by atoms with Gasteiger partial charge < -0.3 is 0 Å². The molecule has 0 aromatic heterocycles. The Morgan fingerprint density at radius 2 is 1.39 bits per heavy atom. The summed E-state index contributed by atoms with van der Waals surface area (Å²) >= 11 is 7.97. The minimum atomic E-state index is -0.539. The second-order valence-electron chi connectivity index (χ2n) is 6.79. The van der Waals surface area contributed by atoms with Crippen molar-refractivity contribution in [3.05, 3.63) is 113 Å². The highest BCUT2D eigenvalue weighted by atomic mass is 35.5. The second kappa shape index (κ2) is 9.14. The van der Waals surface area contributed by atoms with Gasteiger partial charge in [0.1, 0.15) is 0 Å². The van der Waals surface area contributed by atoms with Crippen molar-refractivity contribution in [1.29, 1.82) is 0 Å². The zero-order chi connectivity index (χ0) is 19.3. The molecule has 3 aromatic carbocycles. The highest BCUT2D eigenvalue weighted by Crippen LogP contribution is 2.51. The number of benzene rings is 3. The van der Waals surface area contributed by atoms with Gasteiger partial charge >= 0.3 is 0 Å². The first-order valence-corrected chi connectivity index (χ1v) is 12.0. The predicted octanol–water partition coefficient (Wildman–Crippen LogP) is 7.02. The molecule has 1 aliphatic rings. The average molecular weight is 421 g/mol. The van der Waals surface area contributed by atoms with Gasteiger partial charge in [0, 0.05) is 21.1 Å². The molecule has 0 N–H and O–H groups in total.